The first-order valence-electron chi connectivity index (χ1n) is 7.01. The molecule has 1 aliphatic carbocycles. The molecule has 1 aromatic heterocycles. The number of aromatic nitrogens is 2. The monoisotopic (exact) mass is 295 g/mol. The van der Waals surface area contributed by atoms with E-state index in [4.69, 9.17) is 10.8 Å². The number of nitrogens with two attached hydrogens (primary N) is 1. The van der Waals surface area contributed by atoms with Gasteiger partial charge in [-0.25, -0.2) is 14.8 Å². The maximum Gasteiger partial charge on any atom is 0.341 e. The van der Waals surface area contributed by atoms with E-state index >= 15 is 0 Å². The van der Waals surface area contributed by atoms with Crippen molar-refractivity contribution in [3.05, 3.63) is 46.7 Å². The molecule has 22 heavy (non-hydrogen) atoms. The summed E-state index contributed by atoms with van der Waals surface area (Å²) in [6.07, 6.45) is 4.25. The Morgan fingerprint density at radius 3 is 2.64 bits per heavy atom. The van der Waals surface area contributed by atoms with Crippen LogP contribution in [-0.2, 0) is 5.41 Å². The third-order valence-electron chi connectivity index (χ3n) is 4.02. The lowest BCUT2D eigenvalue weighted by atomic mass is 9.86. The molecule has 5 heteroatoms. The maximum atomic E-state index is 11.1. The highest BCUT2D eigenvalue weighted by Crippen LogP contribution is 2.37. The van der Waals surface area contributed by atoms with Crippen LogP contribution >= 0.6 is 0 Å². The number of fused-ring (bicyclic) bond motifs is 1. The number of carbonyl (C=O) groups is 1. The highest BCUT2D eigenvalue weighted by Gasteiger charge is 2.25. The van der Waals surface area contributed by atoms with E-state index in [2.05, 4.69) is 42.0 Å². The van der Waals surface area contributed by atoms with Crippen LogP contribution in [0.2, 0.25) is 0 Å². The number of aromatic carboxylic acids is 1. The number of nitrogen functional groups attached to an aromatic ring is 1. The fourth-order valence-electron chi connectivity index (χ4n) is 2.80. The second-order valence-corrected chi connectivity index (χ2v) is 6.06. The zero-order chi connectivity index (χ0) is 16.1. The second-order valence-electron chi connectivity index (χ2n) is 6.06. The standard InChI is InChI=1S/C17H17N3O2/c1-9-13(16(21)22)14(18)20-15(19-9)11-4-5-12-10(8-11)6-7-17(12,2)3/h4-8H,1-3H3,(H,21,22)(H2,18,19,20). The first-order valence-corrected chi connectivity index (χ1v) is 7.01. The lowest BCUT2D eigenvalue weighted by molar-refractivity contribution is 0.0696. The summed E-state index contributed by atoms with van der Waals surface area (Å²) in [6, 6.07) is 6.02. The van der Waals surface area contributed by atoms with Gasteiger partial charge in [-0.3, -0.25) is 0 Å². The van der Waals surface area contributed by atoms with E-state index in [1.165, 1.54) is 5.56 Å². The summed E-state index contributed by atoms with van der Waals surface area (Å²) in [5, 5.41) is 9.12. The number of hydrogen-bond donors (Lipinski definition) is 2. The van der Waals surface area contributed by atoms with Crippen LogP contribution in [0.15, 0.2) is 24.3 Å². The third-order valence-corrected chi connectivity index (χ3v) is 4.02. The van der Waals surface area contributed by atoms with E-state index < -0.39 is 5.97 Å². The van der Waals surface area contributed by atoms with Gasteiger partial charge in [-0.1, -0.05) is 38.1 Å². The minimum atomic E-state index is -1.11. The first-order chi connectivity index (χ1) is 10.3. The number of carboxylic acid groups (broad SMARTS) is 1. The quantitative estimate of drug-likeness (QED) is 0.889. The molecular weight excluding hydrogens is 278 g/mol. The zero-order valence-electron chi connectivity index (χ0n) is 12.7. The Morgan fingerprint density at radius 1 is 1.27 bits per heavy atom. The van der Waals surface area contributed by atoms with Gasteiger partial charge in [0.15, 0.2) is 5.82 Å². The van der Waals surface area contributed by atoms with Crippen LogP contribution in [0.3, 0.4) is 0 Å². The van der Waals surface area contributed by atoms with Gasteiger partial charge in [0.2, 0.25) is 0 Å². The molecule has 0 saturated heterocycles. The summed E-state index contributed by atoms with van der Waals surface area (Å²) in [6.45, 7) is 5.95. The summed E-state index contributed by atoms with van der Waals surface area (Å²) < 4.78 is 0. The average Bonchev–Trinajstić information content (AvgIpc) is 2.73. The molecule has 3 N–H and O–H groups in total. The Kier molecular flexibility index (Phi) is 3.02. The van der Waals surface area contributed by atoms with E-state index in [-0.39, 0.29) is 16.8 Å². The van der Waals surface area contributed by atoms with Gasteiger partial charge >= 0.3 is 5.97 Å². The number of benzene rings is 1. The topological polar surface area (TPSA) is 89.1 Å². The van der Waals surface area contributed by atoms with Crippen molar-refractivity contribution >= 4 is 17.9 Å². The molecule has 1 heterocycles. The predicted octanol–water partition coefficient (Wildman–Crippen LogP) is 3.04. The number of anilines is 1. The molecule has 5 nitrogen and oxygen atoms in total. The van der Waals surface area contributed by atoms with Crippen molar-refractivity contribution in [3.8, 4) is 11.4 Å². The molecule has 0 radical (unpaired) electrons. The molecule has 3 rings (SSSR count). The van der Waals surface area contributed by atoms with Crippen molar-refractivity contribution in [1.82, 2.24) is 9.97 Å². The summed E-state index contributed by atoms with van der Waals surface area (Å²) >= 11 is 0. The molecule has 0 bridgehead atoms. The van der Waals surface area contributed by atoms with Crippen LogP contribution in [0.4, 0.5) is 5.82 Å². The summed E-state index contributed by atoms with van der Waals surface area (Å²) in [4.78, 5) is 19.6. The Balaban J connectivity index is 2.10. The van der Waals surface area contributed by atoms with E-state index in [0.717, 1.165) is 11.1 Å². The smallest absolute Gasteiger partial charge is 0.341 e. The number of allylic oxidation sites excluding steroid dienone is 1. The van der Waals surface area contributed by atoms with Gasteiger partial charge in [-0.15, -0.1) is 0 Å². The highest BCUT2D eigenvalue weighted by molar-refractivity contribution is 5.94. The van der Waals surface area contributed by atoms with Crippen molar-refractivity contribution in [2.24, 2.45) is 0 Å². The van der Waals surface area contributed by atoms with Crippen LogP contribution in [-0.4, -0.2) is 21.0 Å². The van der Waals surface area contributed by atoms with Gasteiger partial charge < -0.3 is 10.8 Å². The van der Waals surface area contributed by atoms with Gasteiger partial charge in [0, 0.05) is 11.0 Å². The van der Waals surface area contributed by atoms with Crippen LogP contribution in [0.1, 0.15) is 41.0 Å². The lowest BCUT2D eigenvalue weighted by Crippen LogP contribution is -2.11. The molecule has 0 unspecified atom stereocenters. The Bertz CT molecular complexity index is 800. The molecule has 0 spiro atoms. The largest absolute Gasteiger partial charge is 0.477 e. The number of aryl methyl sites for hydroxylation is 1. The van der Waals surface area contributed by atoms with Gasteiger partial charge in [0.05, 0.1) is 5.69 Å². The van der Waals surface area contributed by atoms with Crippen molar-refractivity contribution in [3.63, 3.8) is 0 Å². The fraction of sp³-hybridized carbons (Fsp3) is 0.235. The average molecular weight is 295 g/mol. The van der Waals surface area contributed by atoms with Gasteiger partial charge in [0.1, 0.15) is 11.4 Å². The number of hydrogen-bond acceptors (Lipinski definition) is 4. The number of nitrogens with zero attached hydrogens (tertiary/aromatic N) is 2. The zero-order valence-corrected chi connectivity index (χ0v) is 12.7. The van der Waals surface area contributed by atoms with E-state index in [0.29, 0.717) is 11.5 Å². The van der Waals surface area contributed by atoms with Gasteiger partial charge in [0.25, 0.3) is 0 Å². The molecule has 112 valence electrons. The Morgan fingerprint density at radius 2 is 2.00 bits per heavy atom. The SMILES string of the molecule is Cc1nc(-c2ccc3c(c2)C=CC3(C)C)nc(N)c1C(=O)O. The molecule has 2 aromatic rings. The molecule has 1 aromatic carbocycles. The minimum absolute atomic E-state index is 0.00799. The normalized spacial score (nSPS) is 14.9. The molecule has 0 saturated carbocycles. The first kappa shape index (κ1) is 14.3. The predicted molar refractivity (Wildman–Crippen MR) is 85.6 cm³/mol. The van der Waals surface area contributed by atoms with Crippen molar-refractivity contribution in [2.75, 3.05) is 5.73 Å². The number of rotatable bonds is 2. The van der Waals surface area contributed by atoms with Crippen LogP contribution in [0.25, 0.3) is 17.5 Å². The molecule has 0 amide bonds. The Hall–Kier alpha value is -2.69. The lowest BCUT2D eigenvalue weighted by Gasteiger charge is -2.18. The molecule has 0 aliphatic heterocycles. The van der Waals surface area contributed by atoms with Crippen molar-refractivity contribution in [1.29, 1.82) is 0 Å². The van der Waals surface area contributed by atoms with E-state index in [9.17, 15) is 4.79 Å². The van der Waals surface area contributed by atoms with Crippen molar-refractivity contribution in [2.45, 2.75) is 26.2 Å². The third kappa shape index (κ3) is 2.15. The van der Waals surface area contributed by atoms with E-state index in [1.54, 1.807) is 6.92 Å². The Labute approximate surface area is 128 Å². The van der Waals surface area contributed by atoms with Crippen LogP contribution in [0.5, 0.6) is 0 Å². The van der Waals surface area contributed by atoms with Crippen LogP contribution < -0.4 is 5.73 Å². The molecule has 0 atom stereocenters. The molecule has 1 aliphatic rings. The number of carboxylic acids is 1. The maximum absolute atomic E-state index is 11.1. The fourth-order valence-corrected chi connectivity index (χ4v) is 2.80. The van der Waals surface area contributed by atoms with Gasteiger partial charge in [-0.2, -0.15) is 0 Å². The highest BCUT2D eigenvalue weighted by atomic mass is 16.4. The summed E-state index contributed by atoms with van der Waals surface area (Å²) in [7, 11) is 0. The minimum Gasteiger partial charge on any atom is -0.477 e. The molecule has 0 fully saturated rings. The molecular formula is C17H17N3O2. The van der Waals surface area contributed by atoms with E-state index in [1.807, 2.05) is 12.1 Å². The summed E-state index contributed by atoms with van der Waals surface area (Å²) in [5.74, 6) is -0.674. The second kappa shape index (κ2) is 4.66. The van der Waals surface area contributed by atoms with Crippen molar-refractivity contribution < 1.29 is 9.90 Å². The summed E-state index contributed by atoms with van der Waals surface area (Å²) in [5.41, 5.74) is 9.33. The van der Waals surface area contributed by atoms with Crippen LogP contribution in [0, 0.1) is 6.92 Å². The van der Waals surface area contributed by atoms with Gasteiger partial charge in [-0.05, 0) is 24.1 Å².